The summed E-state index contributed by atoms with van der Waals surface area (Å²) in [7, 11) is 0. The van der Waals surface area contributed by atoms with Crippen LogP contribution in [0.15, 0.2) is 24.4 Å². The highest BCUT2D eigenvalue weighted by atomic mass is 35.5. The summed E-state index contributed by atoms with van der Waals surface area (Å²) in [5.41, 5.74) is 1.62. The van der Waals surface area contributed by atoms with Crippen molar-refractivity contribution in [1.29, 1.82) is 0 Å². The van der Waals surface area contributed by atoms with E-state index in [1.165, 1.54) is 28.0 Å². The van der Waals surface area contributed by atoms with Gasteiger partial charge in [0.1, 0.15) is 4.88 Å². The zero-order valence-corrected chi connectivity index (χ0v) is 14.7. The number of ether oxygens (including phenoxy) is 1. The second kappa shape index (κ2) is 7.32. The van der Waals surface area contributed by atoms with Gasteiger partial charge in [0, 0.05) is 11.1 Å². The fourth-order valence-corrected chi connectivity index (χ4v) is 3.94. The molecule has 0 saturated carbocycles. The molecule has 24 heavy (non-hydrogen) atoms. The first kappa shape index (κ1) is 16.9. The van der Waals surface area contributed by atoms with Crippen LogP contribution in [-0.2, 0) is 22.4 Å². The van der Waals surface area contributed by atoms with Gasteiger partial charge in [0.15, 0.2) is 11.8 Å². The van der Waals surface area contributed by atoms with Gasteiger partial charge in [0.2, 0.25) is 0 Å². The number of esters is 1. The van der Waals surface area contributed by atoms with E-state index < -0.39 is 11.9 Å². The molecule has 1 atom stereocenters. The highest BCUT2D eigenvalue weighted by Gasteiger charge is 2.21. The average molecular weight is 365 g/mol. The molecule has 7 heteroatoms. The molecule has 0 aromatic carbocycles. The van der Waals surface area contributed by atoms with Crippen molar-refractivity contribution in [3.8, 4) is 0 Å². The van der Waals surface area contributed by atoms with Gasteiger partial charge < -0.3 is 10.1 Å². The van der Waals surface area contributed by atoms with Crippen molar-refractivity contribution in [3.05, 3.63) is 44.9 Å². The third-order valence-electron chi connectivity index (χ3n) is 3.90. The van der Waals surface area contributed by atoms with Crippen LogP contribution in [0.5, 0.6) is 0 Å². The van der Waals surface area contributed by atoms with Gasteiger partial charge in [-0.2, -0.15) is 0 Å². The molecule has 1 amide bonds. The predicted octanol–water partition coefficient (Wildman–Crippen LogP) is 3.72. The van der Waals surface area contributed by atoms with E-state index in [0.29, 0.717) is 16.5 Å². The van der Waals surface area contributed by atoms with Gasteiger partial charge in [-0.1, -0.05) is 18.5 Å². The first-order chi connectivity index (χ1) is 11.5. The molecule has 1 aliphatic rings. The van der Waals surface area contributed by atoms with Gasteiger partial charge >= 0.3 is 5.97 Å². The molecule has 0 radical (unpaired) electrons. The number of nitrogens with zero attached hydrogens (tertiary/aromatic N) is 1. The standard InChI is InChI=1S/C17H17ClN2O3S/c1-10-4-5-13-11(7-10)8-14(24-13)17(22)23-9-15(21)20-12-3-2-6-19-16(12)18/h2-3,6,8,10H,4-5,7,9H2,1H3,(H,20,21). The number of aryl methyl sites for hydroxylation is 1. The zero-order chi connectivity index (χ0) is 17.1. The lowest BCUT2D eigenvalue weighted by Crippen LogP contribution is -2.20. The Bertz CT molecular complexity index is 775. The maximum absolute atomic E-state index is 12.1. The molecule has 0 saturated heterocycles. The Labute approximate surface area is 149 Å². The van der Waals surface area contributed by atoms with E-state index in [-0.39, 0.29) is 11.8 Å². The molecule has 1 unspecified atom stereocenters. The average Bonchev–Trinajstić information content (AvgIpc) is 2.98. The SMILES string of the molecule is CC1CCc2sc(C(=O)OCC(=O)Nc3cccnc3Cl)cc2C1. The molecule has 2 aromatic rings. The zero-order valence-electron chi connectivity index (χ0n) is 13.2. The Morgan fingerprint density at radius 3 is 3.12 bits per heavy atom. The summed E-state index contributed by atoms with van der Waals surface area (Å²) in [6.45, 7) is 1.86. The number of hydrogen-bond donors (Lipinski definition) is 1. The molecule has 0 spiro atoms. The van der Waals surface area contributed by atoms with Gasteiger partial charge in [-0.05, 0) is 48.9 Å². The third-order valence-corrected chi connectivity index (χ3v) is 5.42. The molecule has 1 N–H and O–H groups in total. The Balaban J connectivity index is 1.56. The first-order valence-electron chi connectivity index (χ1n) is 7.72. The quantitative estimate of drug-likeness (QED) is 0.663. The maximum atomic E-state index is 12.1. The topological polar surface area (TPSA) is 68.3 Å². The second-order valence-corrected chi connectivity index (χ2v) is 7.37. The first-order valence-corrected chi connectivity index (χ1v) is 8.91. The monoisotopic (exact) mass is 364 g/mol. The molecular formula is C17H17ClN2O3S. The summed E-state index contributed by atoms with van der Waals surface area (Å²) < 4.78 is 5.10. The molecule has 1 aliphatic carbocycles. The number of pyridine rings is 1. The second-order valence-electron chi connectivity index (χ2n) is 5.87. The Hall–Kier alpha value is -1.92. The highest BCUT2D eigenvalue weighted by Crippen LogP contribution is 2.32. The Morgan fingerprint density at radius 2 is 2.33 bits per heavy atom. The number of anilines is 1. The number of aromatic nitrogens is 1. The van der Waals surface area contributed by atoms with Gasteiger partial charge in [-0.3, -0.25) is 4.79 Å². The number of thiophene rings is 1. The Morgan fingerprint density at radius 1 is 1.50 bits per heavy atom. The van der Waals surface area contributed by atoms with Crippen molar-refractivity contribution >= 4 is 40.5 Å². The number of nitrogens with one attached hydrogen (secondary N) is 1. The fraction of sp³-hybridized carbons (Fsp3) is 0.353. The smallest absolute Gasteiger partial charge is 0.348 e. The van der Waals surface area contributed by atoms with Crippen LogP contribution >= 0.6 is 22.9 Å². The fourth-order valence-electron chi connectivity index (χ4n) is 2.67. The van der Waals surface area contributed by atoms with Crippen molar-refractivity contribution in [2.24, 2.45) is 5.92 Å². The van der Waals surface area contributed by atoms with E-state index in [2.05, 4.69) is 17.2 Å². The van der Waals surface area contributed by atoms with Crippen LogP contribution in [0, 0.1) is 5.92 Å². The summed E-state index contributed by atoms with van der Waals surface area (Å²) in [5, 5.41) is 2.76. The highest BCUT2D eigenvalue weighted by molar-refractivity contribution is 7.14. The van der Waals surface area contributed by atoms with Gasteiger partial charge in [-0.25, -0.2) is 9.78 Å². The lowest BCUT2D eigenvalue weighted by molar-refractivity contribution is -0.119. The molecule has 5 nitrogen and oxygen atoms in total. The summed E-state index contributed by atoms with van der Waals surface area (Å²) >= 11 is 7.33. The van der Waals surface area contributed by atoms with E-state index in [9.17, 15) is 9.59 Å². The summed E-state index contributed by atoms with van der Waals surface area (Å²) in [5.74, 6) is -0.270. The van der Waals surface area contributed by atoms with Crippen molar-refractivity contribution < 1.29 is 14.3 Å². The maximum Gasteiger partial charge on any atom is 0.348 e. The van der Waals surface area contributed by atoms with E-state index in [1.54, 1.807) is 12.1 Å². The minimum atomic E-state index is -0.463. The lowest BCUT2D eigenvalue weighted by atomic mass is 9.90. The Kier molecular flexibility index (Phi) is 5.16. The number of halogens is 1. The molecule has 0 bridgehead atoms. The number of amides is 1. The van der Waals surface area contributed by atoms with E-state index in [4.69, 9.17) is 16.3 Å². The minimum absolute atomic E-state index is 0.192. The molecule has 0 fully saturated rings. The van der Waals surface area contributed by atoms with Crippen molar-refractivity contribution in [3.63, 3.8) is 0 Å². The van der Waals surface area contributed by atoms with Crippen LogP contribution in [0.3, 0.4) is 0 Å². The van der Waals surface area contributed by atoms with Gasteiger partial charge in [0.25, 0.3) is 5.91 Å². The lowest BCUT2D eigenvalue weighted by Gasteiger charge is -2.16. The molecule has 0 aliphatic heterocycles. The molecule has 3 rings (SSSR count). The van der Waals surface area contributed by atoms with Crippen LogP contribution < -0.4 is 5.32 Å². The van der Waals surface area contributed by atoms with Crippen LogP contribution in [0.2, 0.25) is 5.15 Å². The molecule has 2 heterocycles. The predicted molar refractivity (Wildman–Crippen MR) is 93.7 cm³/mol. The van der Waals surface area contributed by atoms with Crippen LogP contribution in [-0.4, -0.2) is 23.5 Å². The minimum Gasteiger partial charge on any atom is -0.451 e. The molecular weight excluding hydrogens is 348 g/mol. The third kappa shape index (κ3) is 3.94. The van der Waals surface area contributed by atoms with Gasteiger partial charge in [0.05, 0.1) is 5.69 Å². The van der Waals surface area contributed by atoms with Crippen LogP contribution in [0.25, 0.3) is 0 Å². The van der Waals surface area contributed by atoms with Crippen LogP contribution in [0.1, 0.15) is 33.5 Å². The summed E-state index contributed by atoms with van der Waals surface area (Å²) in [4.78, 5) is 29.7. The number of hydrogen-bond acceptors (Lipinski definition) is 5. The van der Waals surface area contributed by atoms with Gasteiger partial charge in [-0.15, -0.1) is 11.3 Å². The molecule has 2 aromatic heterocycles. The largest absolute Gasteiger partial charge is 0.451 e. The number of carbonyl (C=O) groups excluding carboxylic acids is 2. The number of rotatable bonds is 4. The summed E-state index contributed by atoms with van der Waals surface area (Å²) in [6, 6.07) is 5.18. The number of carbonyl (C=O) groups is 2. The van der Waals surface area contributed by atoms with E-state index in [1.807, 2.05) is 6.07 Å². The normalized spacial score (nSPS) is 16.3. The van der Waals surface area contributed by atoms with Crippen LogP contribution in [0.4, 0.5) is 5.69 Å². The van der Waals surface area contributed by atoms with Crippen molar-refractivity contribution in [2.45, 2.75) is 26.2 Å². The van der Waals surface area contributed by atoms with Crippen molar-refractivity contribution in [2.75, 3.05) is 11.9 Å². The van der Waals surface area contributed by atoms with Crippen molar-refractivity contribution in [1.82, 2.24) is 4.98 Å². The summed E-state index contributed by atoms with van der Waals surface area (Å²) in [6.07, 6.45) is 4.68. The molecule has 126 valence electrons. The van der Waals surface area contributed by atoms with E-state index >= 15 is 0 Å². The number of fused-ring (bicyclic) bond motifs is 1. The van der Waals surface area contributed by atoms with E-state index in [0.717, 1.165) is 19.3 Å².